The minimum Gasteiger partial charge on any atom is -0.497 e. The average Bonchev–Trinajstić information content (AvgIpc) is 3.24. The summed E-state index contributed by atoms with van der Waals surface area (Å²) in [4.78, 5) is 27.5. The topological polar surface area (TPSA) is 105 Å². The Morgan fingerprint density at radius 2 is 1.69 bits per heavy atom. The molecule has 0 aromatic heterocycles. The van der Waals surface area contributed by atoms with Crippen LogP contribution in [0.5, 0.6) is 5.75 Å². The van der Waals surface area contributed by atoms with Crippen molar-refractivity contribution in [1.29, 1.82) is 0 Å². The third kappa shape index (κ3) is 5.36. The molecule has 1 atom stereocenters. The summed E-state index contributed by atoms with van der Waals surface area (Å²) >= 11 is 0. The van der Waals surface area contributed by atoms with E-state index < -0.39 is 21.5 Å². The molecular formula is C32H37N3O6S. The van der Waals surface area contributed by atoms with Crippen molar-refractivity contribution in [2.24, 2.45) is 0 Å². The number of likely N-dealkylation sites (tertiary alicyclic amines) is 1. The highest BCUT2D eigenvalue weighted by Gasteiger charge is 2.53. The highest BCUT2D eigenvalue weighted by atomic mass is 32.2. The van der Waals surface area contributed by atoms with Gasteiger partial charge in [-0.3, -0.25) is 18.8 Å². The maximum Gasteiger partial charge on any atom is 0.319 e. The molecule has 42 heavy (non-hydrogen) atoms. The number of carbonyl (C=O) groups is 2. The summed E-state index contributed by atoms with van der Waals surface area (Å²) in [5, 5.41) is 3.02. The van der Waals surface area contributed by atoms with E-state index in [4.69, 9.17) is 9.47 Å². The number of amides is 1. The fourth-order valence-electron chi connectivity index (χ4n) is 6.26. The molecule has 9 nitrogen and oxygen atoms in total. The number of fused-ring (bicyclic) bond motifs is 2. The first-order valence-corrected chi connectivity index (χ1v) is 15.5. The number of nitrogens with one attached hydrogen (secondary N) is 1. The minimum absolute atomic E-state index is 0.168. The van der Waals surface area contributed by atoms with Gasteiger partial charge in [0.1, 0.15) is 5.75 Å². The maximum atomic E-state index is 14.1. The number of carbonyl (C=O) groups excluding carboxylic acids is 2. The van der Waals surface area contributed by atoms with E-state index >= 15 is 0 Å². The van der Waals surface area contributed by atoms with Gasteiger partial charge in [-0.25, -0.2) is 8.42 Å². The third-order valence-corrected chi connectivity index (χ3v) is 10.7. The summed E-state index contributed by atoms with van der Waals surface area (Å²) in [6.07, 6.45) is 1.25. The van der Waals surface area contributed by atoms with E-state index in [1.807, 2.05) is 49.1 Å². The third-order valence-electron chi connectivity index (χ3n) is 8.83. The highest BCUT2D eigenvalue weighted by molar-refractivity contribution is 7.92. The van der Waals surface area contributed by atoms with Crippen molar-refractivity contribution in [2.75, 3.05) is 38.2 Å². The number of piperidine rings is 1. The molecule has 0 unspecified atom stereocenters. The van der Waals surface area contributed by atoms with Gasteiger partial charge in [-0.1, -0.05) is 24.3 Å². The fourth-order valence-corrected chi connectivity index (χ4v) is 8.00. The smallest absolute Gasteiger partial charge is 0.319 e. The number of esters is 1. The van der Waals surface area contributed by atoms with Crippen LogP contribution in [-0.2, 0) is 31.5 Å². The van der Waals surface area contributed by atoms with Gasteiger partial charge in [0.15, 0.2) is 0 Å². The Kier molecular flexibility index (Phi) is 8.30. The molecule has 0 aliphatic carbocycles. The number of methoxy groups -OCH3 is 2. The molecule has 3 aromatic carbocycles. The molecule has 0 bridgehead atoms. The van der Waals surface area contributed by atoms with Crippen molar-refractivity contribution in [2.45, 2.75) is 49.6 Å². The number of benzene rings is 3. The second-order valence-corrected chi connectivity index (χ2v) is 12.8. The first-order valence-electron chi connectivity index (χ1n) is 14.1. The van der Waals surface area contributed by atoms with Crippen LogP contribution >= 0.6 is 0 Å². The molecule has 2 heterocycles. The number of aryl methyl sites for hydroxylation is 1. The Labute approximate surface area is 247 Å². The van der Waals surface area contributed by atoms with E-state index in [-0.39, 0.29) is 23.3 Å². The fraction of sp³-hybridized carbons (Fsp3) is 0.375. The Morgan fingerprint density at radius 3 is 2.33 bits per heavy atom. The number of ether oxygens (including phenoxy) is 2. The molecule has 1 spiro atoms. The van der Waals surface area contributed by atoms with E-state index in [0.29, 0.717) is 49.5 Å². The van der Waals surface area contributed by atoms with Gasteiger partial charge >= 0.3 is 5.97 Å². The van der Waals surface area contributed by atoms with E-state index in [9.17, 15) is 18.0 Å². The predicted molar refractivity (Wildman–Crippen MR) is 160 cm³/mol. The molecule has 2 aliphatic heterocycles. The van der Waals surface area contributed by atoms with Gasteiger partial charge in [0.25, 0.3) is 15.9 Å². The quantitative estimate of drug-likeness (QED) is 0.394. The van der Waals surface area contributed by atoms with Crippen LogP contribution in [0.2, 0.25) is 0 Å². The van der Waals surface area contributed by atoms with Gasteiger partial charge in [0, 0.05) is 17.5 Å². The highest BCUT2D eigenvalue weighted by Crippen LogP contribution is 2.53. The molecule has 1 saturated heterocycles. The zero-order chi connectivity index (χ0) is 30.1. The molecule has 1 amide bonds. The lowest BCUT2D eigenvalue weighted by Crippen LogP contribution is -2.52. The van der Waals surface area contributed by atoms with E-state index in [0.717, 1.165) is 16.7 Å². The van der Waals surface area contributed by atoms with Gasteiger partial charge in [-0.15, -0.1) is 0 Å². The van der Waals surface area contributed by atoms with Gasteiger partial charge in [-0.05, 0) is 98.9 Å². The monoisotopic (exact) mass is 591 g/mol. The lowest BCUT2D eigenvalue weighted by Gasteiger charge is -2.43. The maximum absolute atomic E-state index is 14.1. The largest absolute Gasteiger partial charge is 0.497 e. The molecule has 222 valence electrons. The Morgan fingerprint density at radius 1 is 1.00 bits per heavy atom. The minimum atomic E-state index is -3.93. The molecule has 3 aromatic rings. The Balaban J connectivity index is 1.50. The summed E-state index contributed by atoms with van der Waals surface area (Å²) in [5.74, 6) is 0.0465. The first-order chi connectivity index (χ1) is 20.1. The number of hydrogen-bond acceptors (Lipinski definition) is 7. The van der Waals surface area contributed by atoms with Crippen LogP contribution in [-0.4, -0.2) is 65.1 Å². The molecule has 0 saturated carbocycles. The molecule has 0 radical (unpaired) electrons. The second-order valence-electron chi connectivity index (χ2n) is 11.0. The lowest BCUT2D eigenvalue weighted by molar-refractivity contribution is -0.142. The zero-order valence-corrected chi connectivity index (χ0v) is 25.2. The number of anilines is 1. The zero-order valence-electron chi connectivity index (χ0n) is 24.4. The van der Waals surface area contributed by atoms with Crippen LogP contribution < -0.4 is 14.4 Å². The van der Waals surface area contributed by atoms with Crippen LogP contribution in [0.25, 0.3) is 0 Å². The van der Waals surface area contributed by atoms with Crippen molar-refractivity contribution < 1.29 is 27.5 Å². The molecule has 2 aliphatic rings. The van der Waals surface area contributed by atoms with Gasteiger partial charge < -0.3 is 14.8 Å². The average molecular weight is 592 g/mol. The number of nitrogens with zero attached hydrogens (tertiary/aromatic N) is 2. The summed E-state index contributed by atoms with van der Waals surface area (Å²) in [6, 6.07) is 19.2. The van der Waals surface area contributed by atoms with Crippen LogP contribution in [0.1, 0.15) is 46.8 Å². The van der Waals surface area contributed by atoms with Crippen molar-refractivity contribution in [3.05, 3.63) is 89.0 Å². The van der Waals surface area contributed by atoms with Crippen molar-refractivity contribution in [1.82, 2.24) is 10.2 Å². The van der Waals surface area contributed by atoms with E-state index in [1.54, 1.807) is 36.4 Å². The van der Waals surface area contributed by atoms with Crippen molar-refractivity contribution >= 4 is 27.6 Å². The van der Waals surface area contributed by atoms with E-state index in [2.05, 4.69) is 5.32 Å². The summed E-state index contributed by atoms with van der Waals surface area (Å²) in [7, 11) is -1.03. The molecular weight excluding hydrogens is 554 g/mol. The predicted octanol–water partition coefficient (Wildman–Crippen LogP) is 4.04. The summed E-state index contributed by atoms with van der Waals surface area (Å²) in [6.45, 7) is 5.72. The Bertz CT molecular complexity index is 1580. The van der Waals surface area contributed by atoms with Crippen molar-refractivity contribution in [3.8, 4) is 5.75 Å². The summed E-state index contributed by atoms with van der Waals surface area (Å²) < 4.78 is 39.8. The lowest BCUT2D eigenvalue weighted by atomic mass is 9.70. The van der Waals surface area contributed by atoms with Crippen molar-refractivity contribution in [3.63, 3.8) is 0 Å². The SMILES string of the molecule is COC(=O)CN1CCC2(CC1)c1cc(C(=O)NCc3ccccc3C)ccc1N(S(=O)(=O)c1ccc(OC)cc1)[C@@H]2C. The molecule has 1 N–H and O–H groups in total. The van der Waals surface area contributed by atoms with Gasteiger partial charge in [0.05, 0.1) is 37.4 Å². The number of sulfonamides is 1. The van der Waals surface area contributed by atoms with Crippen LogP contribution in [0.4, 0.5) is 5.69 Å². The summed E-state index contributed by atoms with van der Waals surface area (Å²) in [5.41, 5.74) is 3.50. The molecule has 10 heteroatoms. The van der Waals surface area contributed by atoms with Gasteiger partial charge in [-0.2, -0.15) is 0 Å². The number of rotatable bonds is 8. The second kappa shape index (κ2) is 11.8. The van der Waals surface area contributed by atoms with Gasteiger partial charge in [0.2, 0.25) is 0 Å². The first kappa shape index (κ1) is 29.6. The van der Waals surface area contributed by atoms with Crippen LogP contribution in [0.3, 0.4) is 0 Å². The van der Waals surface area contributed by atoms with Crippen LogP contribution in [0.15, 0.2) is 71.6 Å². The Hall–Kier alpha value is -3.89. The molecule has 1 fully saturated rings. The molecule has 5 rings (SSSR count). The van der Waals surface area contributed by atoms with Crippen LogP contribution in [0, 0.1) is 6.92 Å². The number of hydrogen-bond donors (Lipinski definition) is 1. The normalized spacial score (nSPS) is 18.0. The standard InChI is InChI=1S/C32H37N3O6S/c1-22-7-5-6-8-25(22)20-33-31(37)24-9-14-29-28(19-24)32(15-17-34(18-16-32)21-30(36)41-4)23(2)35(29)42(38,39)27-12-10-26(40-3)11-13-27/h5-14,19,23H,15-18,20-21H2,1-4H3,(H,33,37)/t23-/m1/s1. The van der Waals surface area contributed by atoms with E-state index in [1.165, 1.54) is 18.5 Å².